The van der Waals surface area contributed by atoms with Gasteiger partial charge in [-0.3, -0.25) is 0 Å². The molecule has 0 saturated heterocycles. The van der Waals surface area contributed by atoms with Gasteiger partial charge in [0.15, 0.2) is 5.65 Å². The molecule has 2 heterocycles. The van der Waals surface area contributed by atoms with Gasteiger partial charge in [0, 0.05) is 12.3 Å². The van der Waals surface area contributed by atoms with E-state index in [0.717, 1.165) is 17.9 Å². The quantitative estimate of drug-likeness (QED) is 0.740. The molecule has 0 aliphatic heterocycles. The Labute approximate surface area is 116 Å². The molecule has 102 valence electrons. The number of anilines is 1. The maximum absolute atomic E-state index is 9.51. The SMILES string of the molecule is OCC(Cc1ccccc1)Nc1ccn2nccc2n1. The molecule has 2 aromatic heterocycles. The van der Waals surface area contributed by atoms with Crippen LogP contribution in [-0.4, -0.2) is 32.4 Å². The first kappa shape index (κ1) is 12.6. The van der Waals surface area contributed by atoms with Gasteiger partial charge in [-0.05, 0) is 18.1 Å². The first-order valence-corrected chi connectivity index (χ1v) is 6.57. The Morgan fingerprint density at radius 3 is 2.80 bits per heavy atom. The van der Waals surface area contributed by atoms with Gasteiger partial charge in [-0.25, -0.2) is 9.50 Å². The van der Waals surface area contributed by atoms with E-state index in [9.17, 15) is 5.11 Å². The lowest BCUT2D eigenvalue weighted by molar-refractivity contribution is 0.273. The zero-order chi connectivity index (χ0) is 13.8. The molecular formula is C15H16N4O. The van der Waals surface area contributed by atoms with Crippen molar-refractivity contribution in [2.24, 2.45) is 0 Å². The molecule has 1 unspecified atom stereocenters. The molecule has 0 amide bonds. The molecule has 1 atom stereocenters. The van der Waals surface area contributed by atoms with Crippen molar-refractivity contribution in [2.75, 3.05) is 11.9 Å². The molecule has 3 rings (SSSR count). The van der Waals surface area contributed by atoms with Crippen LogP contribution in [0.25, 0.3) is 5.65 Å². The molecule has 0 fully saturated rings. The number of aliphatic hydroxyl groups excluding tert-OH is 1. The molecular weight excluding hydrogens is 252 g/mol. The largest absolute Gasteiger partial charge is 0.394 e. The lowest BCUT2D eigenvalue weighted by atomic mass is 10.1. The molecule has 1 aromatic carbocycles. The van der Waals surface area contributed by atoms with Gasteiger partial charge < -0.3 is 10.4 Å². The van der Waals surface area contributed by atoms with E-state index in [2.05, 4.69) is 27.5 Å². The topological polar surface area (TPSA) is 62.5 Å². The van der Waals surface area contributed by atoms with Gasteiger partial charge >= 0.3 is 0 Å². The second kappa shape index (κ2) is 5.71. The fourth-order valence-electron chi connectivity index (χ4n) is 2.16. The Balaban J connectivity index is 1.73. The van der Waals surface area contributed by atoms with E-state index in [0.29, 0.717) is 0 Å². The smallest absolute Gasteiger partial charge is 0.157 e. The van der Waals surface area contributed by atoms with Crippen LogP contribution < -0.4 is 5.32 Å². The molecule has 0 aliphatic rings. The molecule has 0 saturated carbocycles. The normalized spacial score (nSPS) is 12.4. The van der Waals surface area contributed by atoms with Crippen LogP contribution in [0.4, 0.5) is 5.82 Å². The van der Waals surface area contributed by atoms with Crippen molar-refractivity contribution in [3.8, 4) is 0 Å². The van der Waals surface area contributed by atoms with Gasteiger partial charge in [0.25, 0.3) is 0 Å². The van der Waals surface area contributed by atoms with Gasteiger partial charge in [0.05, 0.1) is 18.8 Å². The second-order valence-electron chi connectivity index (χ2n) is 4.66. The number of fused-ring (bicyclic) bond motifs is 1. The minimum absolute atomic E-state index is 0.0566. The average Bonchev–Trinajstić information content (AvgIpc) is 2.95. The van der Waals surface area contributed by atoms with Crippen molar-refractivity contribution in [1.82, 2.24) is 14.6 Å². The van der Waals surface area contributed by atoms with Gasteiger partial charge in [-0.15, -0.1) is 0 Å². The first-order chi connectivity index (χ1) is 9.85. The third-order valence-electron chi connectivity index (χ3n) is 3.16. The predicted molar refractivity (Wildman–Crippen MR) is 77.6 cm³/mol. The van der Waals surface area contributed by atoms with Crippen LogP contribution in [0.15, 0.2) is 54.9 Å². The fourth-order valence-corrected chi connectivity index (χ4v) is 2.16. The standard InChI is InChI=1S/C15H16N4O/c20-11-13(10-12-4-2-1-3-5-12)17-14-7-9-19-15(18-14)6-8-16-19/h1-9,13,20H,10-11H2,(H,17,18). The van der Waals surface area contributed by atoms with Crippen LogP contribution in [0.2, 0.25) is 0 Å². The van der Waals surface area contributed by atoms with Crippen LogP contribution in [0.3, 0.4) is 0 Å². The average molecular weight is 268 g/mol. The number of aromatic nitrogens is 3. The summed E-state index contributed by atoms with van der Waals surface area (Å²) in [6, 6.07) is 13.7. The number of rotatable bonds is 5. The maximum atomic E-state index is 9.51. The van der Waals surface area contributed by atoms with Crippen LogP contribution in [0, 0.1) is 0 Å². The summed E-state index contributed by atoms with van der Waals surface area (Å²) in [6.45, 7) is 0.0566. The summed E-state index contributed by atoms with van der Waals surface area (Å²) in [5.74, 6) is 0.744. The Bertz CT molecular complexity index is 680. The minimum Gasteiger partial charge on any atom is -0.394 e. The van der Waals surface area contributed by atoms with Crippen molar-refractivity contribution in [3.63, 3.8) is 0 Å². The van der Waals surface area contributed by atoms with E-state index >= 15 is 0 Å². The van der Waals surface area contributed by atoms with E-state index in [1.807, 2.05) is 36.5 Å². The van der Waals surface area contributed by atoms with Crippen LogP contribution in [0.1, 0.15) is 5.56 Å². The number of nitrogens with zero attached hydrogens (tertiary/aromatic N) is 3. The zero-order valence-corrected chi connectivity index (χ0v) is 11.0. The molecule has 20 heavy (non-hydrogen) atoms. The van der Waals surface area contributed by atoms with Crippen molar-refractivity contribution in [2.45, 2.75) is 12.5 Å². The van der Waals surface area contributed by atoms with Crippen molar-refractivity contribution >= 4 is 11.5 Å². The van der Waals surface area contributed by atoms with E-state index in [1.54, 1.807) is 10.7 Å². The Morgan fingerprint density at radius 2 is 2.00 bits per heavy atom. The molecule has 5 heteroatoms. The highest BCUT2D eigenvalue weighted by molar-refractivity contribution is 5.46. The minimum atomic E-state index is -0.0599. The Kier molecular flexibility index (Phi) is 3.60. The summed E-state index contributed by atoms with van der Waals surface area (Å²) in [7, 11) is 0. The Hall–Kier alpha value is -2.40. The molecule has 0 radical (unpaired) electrons. The summed E-state index contributed by atoms with van der Waals surface area (Å²) in [5.41, 5.74) is 1.97. The number of nitrogens with one attached hydrogen (secondary N) is 1. The lowest BCUT2D eigenvalue weighted by Gasteiger charge is -2.17. The summed E-state index contributed by atoms with van der Waals surface area (Å²) in [4.78, 5) is 4.44. The first-order valence-electron chi connectivity index (χ1n) is 6.57. The van der Waals surface area contributed by atoms with Gasteiger partial charge in [-0.2, -0.15) is 5.10 Å². The van der Waals surface area contributed by atoms with Crippen LogP contribution in [-0.2, 0) is 6.42 Å². The van der Waals surface area contributed by atoms with Crippen molar-refractivity contribution < 1.29 is 5.11 Å². The molecule has 2 N–H and O–H groups in total. The lowest BCUT2D eigenvalue weighted by Crippen LogP contribution is -2.26. The van der Waals surface area contributed by atoms with E-state index < -0.39 is 0 Å². The second-order valence-corrected chi connectivity index (χ2v) is 4.66. The molecule has 0 spiro atoms. The summed E-state index contributed by atoms with van der Waals surface area (Å²) < 4.78 is 1.70. The highest BCUT2D eigenvalue weighted by Gasteiger charge is 2.09. The van der Waals surface area contributed by atoms with Gasteiger partial charge in [-0.1, -0.05) is 30.3 Å². The van der Waals surface area contributed by atoms with Gasteiger partial charge in [0.2, 0.25) is 0 Å². The number of aliphatic hydroxyl groups is 1. The van der Waals surface area contributed by atoms with Crippen molar-refractivity contribution in [1.29, 1.82) is 0 Å². The van der Waals surface area contributed by atoms with E-state index in [1.165, 1.54) is 5.56 Å². The van der Waals surface area contributed by atoms with Gasteiger partial charge in [0.1, 0.15) is 5.82 Å². The highest BCUT2D eigenvalue weighted by atomic mass is 16.3. The summed E-state index contributed by atoms with van der Waals surface area (Å²) in [5, 5.41) is 16.9. The summed E-state index contributed by atoms with van der Waals surface area (Å²) in [6.07, 6.45) is 4.31. The predicted octanol–water partition coefficient (Wildman–Crippen LogP) is 1.74. The molecule has 3 aromatic rings. The molecule has 0 bridgehead atoms. The van der Waals surface area contributed by atoms with Crippen molar-refractivity contribution in [3.05, 3.63) is 60.4 Å². The summed E-state index contributed by atoms with van der Waals surface area (Å²) >= 11 is 0. The third kappa shape index (κ3) is 2.78. The maximum Gasteiger partial charge on any atom is 0.157 e. The van der Waals surface area contributed by atoms with E-state index in [-0.39, 0.29) is 12.6 Å². The van der Waals surface area contributed by atoms with E-state index in [4.69, 9.17) is 0 Å². The fraction of sp³-hybridized carbons (Fsp3) is 0.200. The number of hydrogen-bond acceptors (Lipinski definition) is 4. The Morgan fingerprint density at radius 1 is 1.15 bits per heavy atom. The highest BCUT2D eigenvalue weighted by Crippen LogP contribution is 2.10. The monoisotopic (exact) mass is 268 g/mol. The van der Waals surface area contributed by atoms with Crippen LogP contribution in [0.5, 0.6) is 0 Å². The third-order valence-corrected chi connectivity index (χ3v) is 3.16. The molecule has 0 aliphatic carbocycles. The zero-order valence-electron chi connectivity index (χ0n) is 11.0. The molecule has 5 nitrogen and oxygen atoms in total. The number of hydrogen-bond donors (Lipinski definition) is 2. The van der Waals surface area contributed by atoms with Crippen LogP contribution >= 0.6 is 0 Å². The number of benzene rings is 1.